The Hall–Kier alpha value is -4.29. The molecule has 6 nitrogen and oxygen atoms in total. The number of benzene rings is 3. The zero-order chi connectivity index (χ0) is 31.8. The van der Waals surface area contributed by atoms with E-state index in [1.807, 2.05) is 0 Å². The van der Waals surface area contributed by atoms with E-state index in [4.69, 9.17) is 14.2 Å². The van der Waals surface area contributed by atoms with Gasteiger partial charge in [-0.15, -0.1) is 0 Å². The normalized spacial score (nSPS) is 20.7. The van der Waals surface area contributed by atoms with Crippen molar-refractivity contribution in [3.63, 3.8) is 0 Å². The SMILES string of the molecule is COc1ccc(COc2c(F)cc(C(=O)NCC34CCC(C(=O)Oc5cc(F)c(F)c(F)c5F)(CC3)CC4)c(F)c2F)cc1. The number of carbonyl (C=O) groups excluding carboxylic acids is 2. The third-order valence-electron chi connectivity index (χ3n) is 8.63. The third-order valence-corrected chi connectivity index (χ3v) is 8.63. The van der Waals surface area contributed by atoms with Gasteiger partial charge in [0.25, 0.3) is 5.91 Å². The molecule has 2 bridgehead atoms. The molecule has 3 fully saturated rings. The highest BCUT2D eigenvalue weighted by molar-refractivity contribution is 5.94. The molecule has 0 saturated heterocycles. The maximum atomic E-state index is 14.8. The second-order valence-corrected chi connectivity index (χ2v) is 11.2. The number of hydrogen-bond donors (Lipinski definition) is 1. The Labute approximate surface area is 247 Å². The predicted molar refractivity (Wildman–Crippen MR) is 140 cm³/mol. The molecule has 0 aromatic heterocycles. The fourth-order valence-electron chi connectivity index (χ4n) is 5.78. The van der Waals surface area contributed by atoms with Gasteiger partial charge in [-0.05, 0) is 67.7 Å². The maximum absolute atomic E-state index is 14.8. The maximum Gasteiger partial charge on any atom is 0.317 e. The molecule has 3 aliphatic rings. The van der Waals surface area contributed by atoms with Gasteiger partial charge in [0.05, 0.1) is 18.1 Å². The Kier molecular flexibility index (Phi) is 8.50. The summed E-state index contributed by atoms with van der Waals surface area (Å²) in [7, 11) is 1.47. The molecule has 0 unspecified atom stereocenters. The van der Waals surface area contributed by atoms with Crippen molar-refractivity contribution >= 4 is 11.9 Å². The first-order chi connectivity index (χ1) is 20.9. The van der Waals surface area contributed by atoms with E-state index in [0.29, 0.717) is 36.6 Å². The van der Waals surface area contributed by atoms with Gasteiger partial charge in [0.1, 0.15) is 12.4 Å². The summed E-state index contributed by atoms with van der Waals surface area (Å²) in [6, 6.07) is 7.24. The van der Waals surface area contributed by atoms with Gasteiger partial charge in [0, 0.05) is 12.6 Å². The average molecular weight is 626 g/mol. The number of rotatable bonds is 9. The second kappa shape index (κ2) is 12.0. The zero-order valence-electron chi connectivity index (χ0n) is 23.3. The Balaban J connectivity index is 1.19. The summed E-state index contributed by atoms with van der Waals surface area (Å²) >= 11 is 0. The van der Waals surface area contributed by atoms with Crippen LogP contribution in [-0.4, -0.2) is 25.5 Å². The van der Waals surface area contributed by atoms with Gasteiger partial charge in [-0.25, -0.2) is 22.0 Å². The number of nitrogens with one attached hydrogen (secondary N) is 1. The van der Waals surface area contributed by atoms with Gasteiger partial charge in [0.2, 0.25) is 17.5 Å². The van der Waals surface area contributed by atoms with Crippen LogP contribution in [0.3, 0.4) is 0 Å². The predicted octanol–water partition coefficient (Wildman–Crippen LogP) is 6.92. The van der Waals surface area contributed by atoms with E-state index in [2.05, 4.69) is 5.32 Å². The fourth-order valence-corrected chi connectivity index (χ4v) is 5.78. The number of ether oxygens (including phenoxy) is 3. The molecular weight excluding hydrogens is 599 g/mol. The summed E-state index contributed by atoms with van der Waals surface area (Å²) in [4.78, 5) is 25.7. The van der Waals surface area contributed by atoms with E-state index in [0.717, 1.165) is 0 Å². The lowest BCUT2D eigenvalue weighted by Gasteiger charge is -2.51. The molecule has 0 atom stereocenters. The number of amides is 1. The van der Waals surface area contributed by atoms with E-state index >= 15 is 0 Å². The first kappa shape index (κ1) is 31.1. The van der Waals surface area contributed by atoms with E-state index < -0.39 is 80.5 Å². The van der Waals surface area contributed by atoms with E-state index in [9.17, 15) is 40.3 Å². The molecule has 1 N–H and O–H groups in total. The Bertz CT molecular complexity index is 1590. The van der Waals surface area contributed by atoms with Gasteiger partial charge in [-0.3, -0.25) is 9.59 Å². The Morgan fingerprint density at radius 2 is 1.41 bits per heavy atom. The van der Waals surface area contributed by atoms with E-state index in [-0.39, 0.29) is 38.5 Å². The van der Waals surface area contributed by atoms with Crippen molar-refractivity contribution < 1.29 is 54.5 Å². The number of carbonyl (C=O) groups is 2. The largest absolute Gasteiger partial charge is 0.497 e. The lowest BCUT2D eigenvalue weighted by Crippen LogP contribution is -2.51. The summed E-state index contributed by atoms with van der Waals surface area (Å²) in [6.45, 7) is -0.259. The minimum absolute atomic E-state index is 0.0123. The van der Waals surface area contributed by atoms with Gasteiger partial charge < -0.3 is 19.5 Å². The lowest BCUT2D eigenvalue weighted by molar-refractivity contribution is -0.155. The molecule has 0 aliphatic heterocycles. The molecule has 234 valence electrons. The van der Waals surface area contributed by atoms with Crippen molar-refractivity contribution in [3.8, 4) is 17.2 Å². The van der Waals surface area contributed by atoms with Crippen molar-refractivity contribution in [3.05, 3.63) is 88.2 Å². The summed E-state index contributed by atoms with van der Waals surface area (Å²) in [5.41, 5.74) is -1.92. The molecule has 3 aromatic carbocycles. The molecule has 3 saturated carbocycles. The average Bonchev–Trinajstić information content (AvgIpc) is 3.04. The van der Waals surface area contributed by atoms with Gasteiger partial charge in [-0.1, -0.05) is 12.1 Å². The molecule has 0 radical (unpaired) electrons. The number of fused-ring (bicyclic) bond motifs is 3. The van der Waals surface area contributed by atoms with Crippen LogP contribution in [0.1, 0.15) is 54.4 Å². The molecule has 0 spiro atoms. The highest BCUT2D eigenvalue weighted by atomic mass is 19.2. The van der Waals surface area contributed by atoms with Crippen LogP contribution in [0.5, 0.6) is 17.2 Å². The Morgan fingerprint density at radius 1 is 0.773 bits per heavy atom. The molecule has 44 heavy (non-hydrogen) atoms. The molecule has 0 heterocycles. The van der Waals surface area contributed by atoms with Crippen molar-refractivity contribution in [2.75, 3.05) is 13.7 Å². The van der Waals surface area contributed by atoms with Crippen LogP contribution < -0.4 is 19.5 Å². The van der Waals surface area contributed by atoms with E-state index in [1.54, 1.807) is 24.3 Å². The number of halogens is 7. The lowest BCUT2D eigenvalue weighted by atomic mass is 9.53. The molecule has 1 amide bonds. The van der Waals surface area contributed by atoms with Crippen molar-refractivity contribution in [1.29, 1.82) is 0 Å². The zero-order valence-corrected chi connectivity index (χ0v) is 23.3. The van der Waals surface area contributed by atoms with Crippen LogP contribution in [0.15, 0.2) is 36.4 Å². The number of esters is 1. The fraction of sp³-hybridized carbons (Fsp3) is 0.355. The minimum atomic E-state index is -2.10. The summed E-state index contributed by atoms with van der Waals surface area (Å²) in [6.07, 6.45) is 1.81. The summed E-state index contributed by atoms with van der Waals surface area (Å²) < 4.78 is 114. The molecule has 13 heteroatoms. The number of hydrogen-bond acceptors (Lipinski definition) is 5. The molecule has 3 aliphatic carbocycles. The quantitative estimate of drug-likeness (QED) is 0.0919. The smallest absolute Gasteiger partial charge is 0.317 e. The Morgan fingerprint density at radius 3 is 2.02 bits per heavy atom. The van der Waals surface area contributed by atoms with Crippen LogP contribution in [0.4, 0.5) is 30.7 Å². The van der Waals surface area contributed by atoms with E-state index in [1.165, 1.54) is 7.11 Å². The van der Waals surface area contributed by atoms with Crippen LogP contribution in [-0.2, 0) is 11.4 Å². The van der Waals surface area contributed by atoms with Crippen LogP contribution in [0.2, 0.25) is 0 Å². The first-order valence-electron chi connectivity index (χ1n) is 13.7. The molecular formula is C31H26F7NO5. The topological polar surface area (TPSA) is 73.9 Å². The van der Waals surface area contributed by atoms with Gasteiger partial charge in [0.15, 0.2) is 34.8 Å². The first-order valence-corrected chi connectivity index (χ1v) is 13.7. The molecule has 6 rings (SSSR count). The van der Waals surface area contributed by atoms with Crippen molar-refractivity contribution in [2.45, 2.75) is 45.1 Å². The van der Waals surface area contributed by atoms with Gasteiger partial charge in [-0.2, -0.15) is 8.78 Å². The van der Waals surface area contributed by atoms with Crippen LogP contribution in [0, 0.1) is 51.6 Å². The summed E-state index contributed by atoms with van der Waals surface area (Å²) in [5, 5.41) is 2.53. The number of methoxy groups -OCH3 is 1. The highest BCUT2D eigenvalue weighted by Gasteiger charge is 2.53. The minimum Gasteiger partial charge on any atom is -0.497 e. The molecule has 3 aromatic rings. The van der Waals surface area contributed by atoms with Crippen molar-refractivity contribution in [1.82, 2.24) is 5.32 Å². The standard InChI is InChI=1S/C31H26F7NO5/c1-42-17-4-2-16(3-5-17)14-43-27-20(33)12-18(22(34)26(27)38)28(40)39-15-30-6-9-31(10-7-30,11-8-30)29(41)44-21-13-19(32)23(35)25(37)24(21)36/h2-5,12-13H,6-11,14-15H2,1H3,(H,39,40). The third kappa shape index (κ3) is 5.79. The van der Waals surface area contributed by atoms with Crippen LogP contribution in [0.25, 0.3) is 0 Å². The second-order valence-electron chi connectivity index (χ2n) is 11.2. The van der Waals surface area contributed by atoms with Crippen molar-refractivity contribution in [2.24, 2.45) is 10.8 Å². The van der Waals surface area contributed by atoms with Gasteiger partial charge >= 0.3 is 5.97 Å². The monoisotopic (exact) mass is 625 g/mol. The summed E-state index contributed by atoms with van der Waals surface area (Å²) in [5.74, 6) is -15.6. The van der Waals surface area contributed by atoms with Crippen LogP contribution >= 0.6 is 0 Å². The highest BCUT2D eigenvalue weighted by Crippen LogP contribution is 2.57.